The van der Waals surface area contributed by atoms with Crippen molar-refractivity contribution >= 4 is 22.0 Å². The lowest BCUT2D eigenvalue weighted by Gasteiger charge is -2.10. The van der Waals surface area contributed by atoms with E-state index >= 15 is 0 Å². The number of hydrogen-bond acceptors (Lipinski definition) is 2. The van der Waals surface area contributed by atoms with Gasteiger partial charge in [-0.2, -0.15) is 0 Å². The molecule has 0 aliphatic rings. The first-order chi connectivity index (χ1) is 10.5. The summed E-state index contributed by atoms with van der Waals surface area (Å²) < 4.78 is 6.50. The third-order valence-electron chi connectivity index (χ3n) is 3.29. The third kappa shape index (κ3) is 5.07. The van der Waals surface area contributed by atoms with Crippen LogP contribution in [0.25, 0.3) is 0 Å². The molecule has 5 heteroatoms. The first-order valence-electron chi connectivity index (χ1n) is 7.01. The molecule has 2 rings (SSSR count). The van der Waals surface area contributed by atoms with Crippen molar-refractivity contribution in [1.29, 1.82) is 0 Å². The highest BCUT2D eigenvalue weighted by molar-refractivity contribution is 9.10. The Kier molecular flexibility index (Phi) is 5.83. The van der Waals surface area contributed by atoms with Crippen molar-refractivity contribution in [3.8, 4) is 5.75 Å². The Bertz CT molecular complexity index is 659. The first kappa shape index (κ1) is 16.4. The van der Waals surface area contributed by atoms with E-state index in [1.165, 1.54) is 5.56 Å². The molecule has 0 saturated heterocycles. The molecule has 0 heterocycles. The molecule has 0 spiro atoms. The van der Waals surface area contributed by atoms with Crippen molar-refractivity contribution in [2.45, 2.75) is 20.4 Å². The van der Waals surface area contributed by atoms with Crippen molar-refractivity contribution in [3.05, 3.63) is 63.6 Å². The first-order valence-corrected chi connectivity index (χ1v) is 7.80. The number of amides is 2. The highest BCUT2D eigenvalue weighted by Gasteiger charge is 2.02. The molecule has 0 aliphatic carbocycles. The zero-order chi connectivity index (χ0) is 15.9. The molecular formula is C17H19BrN2O2. The number of carbonyl (C=O) groups is 1. The molecule has 0 bridgehead atoms. The van der Waals surface area contributed by atoms with Crippen LogP contribution in [0.3, 0.4) is 0 Å². The normalized spacial score (nSPS) is 10.1. The maximum atomic E-state index is 11.7. The van der Waals surface area contributed by atoms with Crippen LogP contribution in [0.2, 0.25) is 0 Å². The van der Waals surface area contributed by atoms with E-state index in [0.717, 1.165) is 21.3 Å². The Labute approximate surface area is 139 Å². The fourth-order valence-corrected chi connectivity index (χ4v) is 2.33. The van der Waals surface area contributed by atoms with Gasteiger partial charge in [-0.3, -0.25) is 0 Å². The fourth-order valence-electron chi connectivity index (χ4n) is 1.88. The van der Waals surface area contributed by atoms with Gasteiger partial charge in [0.2, 0.25) is 0 Å². The van der Waals surface area contributed by atoms with E-state index < -0.39 is 0 Å². The molecule has 0 aliphatic heterocycles. The maximum absolute atomic E-state index is 11.7. The molecule has 0 fully saturated rings. The number of benzene rings is 2. The van der Waals surface area contributed by atoms with Gasteiger partial charge in [0.05, 0.1) is 0 Å². The molecule has 4 nitrogen and oxygen atoms in total. The van der Waals surface area contributed by atoms with Gasteiger partial charge in [0, 0.05) is 11.0 Å². The van der Waals surface area contributed by atoms with Crippen LogP contribution < -0.4 is 15.4 Å². The average molecular weight is 363 g/mol. The van der Waals surface area contributed by atoms with Crippen LogP contribution in [0.15, 0.2) is 46.9 Å². The number of aryl methyl sites for hydroxylation is 2. The molecule has 0 unspecified atom stereocenters. The molecule has 2 amide bonds. The Morgan fingerprint density at radius 3 is 2.64 bits per heavy atom. The predicted octanol–water partition coefficient (Wildman–Crippen LogP) is 3.90. The summed E-state index contributed by atoms with van der Waals surface area (Å²) in [6.45, 7) is 4.68. The Hall–Kier alpha value is -2.01. The Morgan fingerprint density at radius 2 is 1.91 bits per heavy atom. The fraction of sp³-hybridized carbons (Fsp3) is 0.235. The highest BCUT2D eigenvalue weighted by atomic mass is 79.9. The second-order valence-electron chi connectivity index (χ2n) is 5.02. The van der Waals surface area contributed by atoms with Crippen LogP contribution in [0.4, 0.5) is 4.79 Å². The van der Waals surface area contributed by atoms with Gasteiger partial charge >= 0.3 is 6.03 Å². The summed E-state index contributed by atoms with van der Waals surface area (Å²) >= 11 is 3.40. The standard InChI is InChI=1S/C17H19BrN2O2/c1-12-6-7-16(8-13(12)2)22-11-20-17(21)19-10-14-4-3-5-15(18)9-14/h3-9H,10-11H2,1-2H3,(H2,19,20,21). The molecule has 0 atom stereocenters. The second-order valence-corrected chi connectivity index (χ2v) is 5.94. The lowest BCUT2D eigenvalue weighted by molar-refractivity contribution is 0.223. The number of ether oxygens (including phenoxy) is 1. The average Bonchev–Trinajstić information content (AvgIpc) is 2.49. The van der Waals surface area contributed by atoms with Crippen molar-refractivity contribution < 1.29 is 9.53 Å². The van der Waals surface area contributed by atoms with E-state index in [1.54, 1.807) is 0 Å². The van der Waals surface area contributed by atoms with Gasteiger partial charge in [0.1, 0.15) is 5.75 Å². The van der Waals surface area contributed by atoms with Crippen LogP contribution in [0, 0.1) is 13.8 Å². The van der Waals surface area contributed by atoms with Gasteiger partial charge in [-0.1, -0.05) is 34.1 Å². The number of halogens is 1. The lowest BCUT2D eigenvalue weighted by Crippen LogP contribution is -2.37. The Balaban J connectivity index is 1.72. The van der Waals surface area contributed by atoms with E-state index in [-0.39, 0.29) is 12.8 Å². The van der Waals surface area contributed by atoms with Crippen LogP contribution >= 0.6 is 15.9 Å². The molecule has 22 heavy (non-hydrogen) atoms. The summed E-state index contributed by atoms with van der Waals surface area (Å²) in [4.78, 5) is 11.7. The minimum absolute atomic E-state index is 0.132. The number of rotatable bonds is 5. The molecule has 0 radical (unpaired) electrons. The van der Waals surface area contributed by atoms with Gasteiger partial charge in [0.15, 0.2) is 6.73 Å². The number of urea groups is 1. The summed E-state index contributed by atoms with van der Waals surface area (Å²) in [5.41, 5.74) is 3.41. The van der Waals surface area contributed by atoms with Gasteiger partial charge in [0.25, 0.3) is 0 Å². The molecule has 2 N–H and O–H groups in total. The van der Waals surface area contributed by atoms with E-state index in [0.29, 0.717) is 6.54 Å². The van der Waals surface area contributed by atoms with E-state index in [2.05, 4.69) is 26.6 Å². The van der Waals surface area contributed by atoms with Crippen LogP contribution in [0.5, 0.6) is 5.75 Å². The highest BCUT2D eigenvalue weighted by Crippen LogP contribution is 2.16. The molecular weight excluding hydrogens is 344 g/mol. The van der Waals surface area contributed by atoms with Crippen LogP contribution in [-0.2, 0) is 6.54 Å². The summed E-state index contributed by atoms with van der Waals surface area (Å²) in [6, 6.07) is 13.4. The van der Waals surface area contributed by atoms with Gasteiger partial charge in [-0.25, -0.2) is 4.79 Å². The molecule has 0 saturated carbocycles. The minimum atomic E-state index is -0.260. The predicted molar refractivity (Wildman–Crippen MR) is 90.9 cm³/mol. The second kappa shape index (κ2) is 7.84. The topological polar surface area (TPSA) is 50.4 Å². The van der Waals surface area contributed by atoms with Crippen molar-refractivity contribution in [2.24, 2.45) is 0 Å². The van der Waals surface area contributed by atoms with Crippen molar-refractivity contribution in [1.82, 2.24) is 10.6 Å². The molecule has 2 aromatic rings. The largest absolute Gasteiger partial charge is 0.473 e. The maximum Gasteiger partial charge on any atom is 0.317 e. The lowest BCUT2D eigenvalue weighted by atomic mass is 10.1. The van der Waals surface area contributed by atoms with E-state index in [9.17, 15) is 4.79 Å². The number of hydrogen-bond donors (Lipinski definition) is 2. The summed E-state index contributed by atoms with van der Waals surface area (Å²) in [6.07, 6.45) is 0. The quantitative estimate of drug-likeness (QED) is 0.792. The van der Waals surface area contributed by atoms with Gasteiger partial charge in [-0.05, 0) is 54.8 Å². The molecule has 2 aromatic carbocycles. The summed E-state index contributed by atoms with van der Waals surface area (Å²) in [5.74, 6) is 0.746. The number of carbonyl (C=O) groups excluding carboxylic acids is 1. The molecule has 116 valence electrons. The van der Waals surface area contributed by atoms with Crippen molar-refractivity contribution in [2.75, 3.05) is 6.73 Å². The van der Waals surface area contributed by atoms with Gasteiger partial charge in [-0.15, -0.1) is 0 Å². The smallest absolute Gasteiger partial charge is 0.317 e. The summed E-state index contributed by atoms with van der Waals surface area (Å²) in [7, 11) is 0. The summed E-state index contributed by atoms with van der Waals surface area (Å²) in [5, 5.41) is 5.45. The third-order valence-corrected chi connectivity index (χ3v) is 3.79. The van der Waals surface area contributed by atoms with Crippen molar-refractivity contribution in [3.63, 3.8) is 0 Å². The zero-order valence-electron chi connectivity index (χ0n) is 12.7. The van der Waals surface area contributed by atoms with Gasteiger partial charge < -0.3 is 15.4 Å². The zero-order valence-corrected chi connectivity index (χ0v) is 14.2. The van der Waals surface area contributed by atoms with Crippen LogP contribution in [-0.4, -0.2) is 12.8 Å². The van der Waals surface area contributed by atoms with E-state index in [1.807, 2.05) is 56.3 Å². The molecule has 0 aromatic heterocycles. The monoisotopic (exact) mass is 362 g/mol. The Morgan fingerprint density at radius 1 is 1.09 bits per heavy atom. The van der Waals surface area contributed by atoms with E-state index in [4.69, 9.17) is 4.74 Å². The minimum Gasteiger partial charge on any atom is -0.473 e. The number of nitrogens with one attached hydrogen (secondary N) is 2. The van der Waals surface area contributed by atoms with Crippen LogP contribution in [0.1, 0.15) is 16.7 Å². The SMILES string of the molecule is Cc1ccc(OCNC(=O)NCc2cccc(Br)c2)cc1C.